The molecule has 48 heavy (non-hydrogen) atoms. The first kappa shape index (κ1) is 31.6. The molecule has 2 N–H and O–H groups in total. The smallest absolute Gasteiger partial charge is 0.319 e. The highest BCUT2D eigenvalue weighted by molar-refractivity contribution is 7.23. The minimum atomic E-state index is -3.31. The fraction of sp³-hybridized carbons (Fsp3) is 0.469. The van der Waals surface area contributed by atoms with Gasteiger partial charge in [0.05, 0.1) is 45.5 Å². The molecule has 3 saturated heterocycles. The predicted molar refractivity (Wildman–Crippen MR) is 170 cm³/mol. The first-order valence-electron chi connectivity index (χ1n) is 15.5. The zero-order valence-electron chi connectivity index (χ0n) is 25.3. The van der Waals surface area contributed by atoms with E-state index in [1.54, 1.807) is 0 Å². The predicted octanol–water partition coefficient (Wildman–Crippen LogP) is 6.48. The van der Waals surface area contributed by atoms with Crippen molar-refractivity contribution in [3.05, 3.63) is 34.4 Å². The number of nitriles is 1. The molecule has 1 unspecified atom stereocenters. The Bertz CT molecular complexity index is 2030. The maximum absolute atomic E-state index is 17.1. The van der Waals surface area contributed by atoms with Gasteiger partial charge in [-0.15, -0.1) is 11.3 Å². The van der Waals surface area contributed by atoms with Crippen molar-refractivity contribution < 1.29 is 36.2 Å². The summed E-state index contributed by atoms with van der Waals surface area (Å²) < 4.78 is 95.1. The molecule has 6 heterocycles. The van der Waals surface area contributed by atoms with E-state index in [-0.39, 0.29) is 111 Å². The largest absolute Gasteiger partial charge is 0.491 e. The van der Waals surface area contributed by atoms with Crippen molar-refractivity contribution in [3.63, 3.8) is 0 Å². The lowest BCUT2D eigenvalue weighted by Gasteiger charge is -2.37. The molecule has 0 aliphatic carbocycles. The fourth-order valence-electron chi connectivity index (χ4n) is 7.78. The molecule has 4 aliphatic rings. The van der Waals surface area contributed by atoms with E-state index in [4.69, 9.17) is 31.5 Å². The van der Waals surface area contributed by atoms with Crippen LogP contribution in [-0.2, 0) is 4.74 Å². The number of halogens is 6. The number of anilines is 2. The van der Waals surface area contributed by atoms with Crippen LogP contribution in [0.5, 0.6) is 11.8 Å². The molecule has 8 rings (SSSR count). The second-order valence-corrected chi connectivity index (χ2v) is 14.1. The Hall–Kier alpha value is -3.71. The Balaban J connectivity index is 1.37. The molecule has 0 radical (unpaired) electrons. The Morgan fingerprint density at radius 1 is 1.19 bits per heavy atom. The molecule has 4 aliphatic heterocycles. The SMILES string of the molecule is N#Cc1c(N)sc2c(F)ccc(-c3c(Cl)c4c5c(nc(OC[C@@]67CCCN6C[C@H](F)C7)nc5c3F)N3CCOCC(F)(F)C3CCO4)c12. The standard InChI is InChI=1S/C32H28ClF5N6O3S/c33-23-21(16-2-3-18(35)27-20(16)17(11-39)28(40)48-27)24(36)25-22-26(23)46-8-4-19-32(37,38)14-45-9-7-44(19)29(22)42-30(41-25)47-13-31-5-1-6-43(31)12-15(34)10-31/h2-3,15,19H,1,4-10,12-14,40H2/t15-,19?,31+/m1/s1. The third-order valence-corrected chi connectivity index (χ3v) is 11.3. The summed E-state index contributed by atoms with van der Waals surface area (Å²) >= 11 is 7.78. The van der Waals surface area contributed by atoms with Crippen LogP contribution < -0.4 is 20.1 Å². The molecule has 0 amide bonds. The lowest BCUT2D eigenvalue weighted by Crippen LogP contribution is -2.50. The number of fused-ring (bicyclic) bond motifs is 4. The van der Waals surface area contributed by atoms with Gasteiger partial charge in [0, 0.05) is 36.9 Å². The monoisotopic (exact) mass is 706 g/mol. The second-order valence-electron chi connectivity index (χ2n) is 12.7. The van der Waals surface area contributed by atoms with Gasteiger partial charge in [-0.2, -0.15) is 15.2 Å². The van der Waals surface area contributed by atoms with Gasteiger partial charge in [-0.05, 0) is 31.0 Å². The minimum absolute atomic E-state index is 0.00475. The lowest BCUT2D eigenvalue weighted by atomic mass is 9.95. The Kier molecular flexibility index (Phi) is 7.52. The fourth-order valence-corrected chi connectivity index (χ4v) is 9.06. The van der Waals surface area contributed by atoms with Crippen molar-refractivity contribution in [3.8, 4) is 29.0 Å². The van der Waals surface area contributed by atoms with E-state index in [1.165, 1.54) is 11.0 Å². The zero-order chi connectivity index (χ0) is 33.5. The zero-order valence-corrected chi connectivity index (χ0v) is 26.9. The molecule has 16 heteroatoms. The van der Waals surface area contributed by atoms with Gasteiger partial charge in [0.25, 0.3) is 5.92 Å². The molecule has 0 bridgehead atoms. The molecule has 4 aromatic rings. The van der Waals surface area contributed by atoms with E-state index >= 15 is 13.2 Å². The Labute approximate surface area is 279 Å². The van der Waals surface area contributed by atoms with Crippen molar-refractivity contribution in [2.75, 3.05) is 56.7 Å². The van der Waals surface area contributed by atoms with Crippen molar-refractivity contribution in [2.45, 2.75) is 49.4 Å². The lowest BCUT2D eigenvalue weighted by molar-refractivity contribution is -0.0831. The number of ether oxygens (including phenoxy) is 3. The summed E-state index contributed by atoms with van der Waals surface area (Å²) in [4.78, 5) is 12.4. The van der Waals surface area contributed by atoms with Gasteiger partial charge in [-0.1, -0.05) is 17.7 Å². The highest BCUT2D eigenvalue weighted by atomic mass is 35.5. The summed E-state index contributed by atoms with van der Waals surface area (Å²) in [6.07, 6.45) is 0.605. The number of aromatic nitrogens is 2. The van der Waals surface area contributed by atoms with Gasteiger partial charge >= 0.3 is 6.01 Å². The van der Waals surface area contributed by atoms with E-state index in [9.17, 15) is 14.0 Å². The van der Waals surface area contributed by atoms with Crippen LogP contribution in [0.25, 0.3) is 32.1 Å². The number of nitrogens with two attached hydrogens (primary N) is 1. The molecule has 9 nitrogen and oxygen atoms in total. The first-order valence-corrected chi connectivity index (χ1v) is 16.7. The molecule has 0 saturated carbocycles. The van der Waals surface area contributed by atoms with E-state index in [1.807, 2.05) is 11.0 Å². The Morgan fingerprint density at radius 3 is 2.83 bits per heavy atom. The molecule has 252 valence electrons. The third-order valence-electron chi connectivity index (χ3n) is 9.92. The minimum Gasteiger partial charge on any atom is -0.491 e. The number of nitrogens with zero attached hydrogens (tertiary/aromatic N) is 5. The second kappa shape index (κ2) is 11.4. The highest BCUT2D eigenvalue weighted by Crippen LogP contribution is 2.51. The van der Waals surface area contributed by atoms with Crippen molar-refractivity contribution in [1.29, 1.82) is 5.26 Å². The summed E-state index contributed by atoms with van der Waals surface area (Å²) in [7, 11) is 0. The number of thiophene rings is 1. The maximum atomic E-state index is 17.1. The molecule has 0 spiro atoms. The summed E-state index contributed by atoms with van der Waals surface area (Å²) in [5.41, 5.74) is 4.89. The number of alkyl halides is 3. The van der Waals surface area contributed by atoms with E-state index in [0.29, 0.717) is 13.0 Å². The van der Waals surface area contributed by atoms with Gasteiger partial charge in [0.2, 0.25) is 0 Å². The number of benzene rings is 2. The van der Waals surface area contributed by atoms with Crippen molar-refractivity contribution >= 4 is 54.7 Å². The van der Waals surface area contributed by atoms with E-state index in [0.717, 1.165) is 23.8 Å². The third kappa shape index (κ3) is 4.74. The van der Waals surface area contributed by atoms with Crippen LogP contribution in [0.2, 0.25) is 5.02 Å². The van der Waals surface area contributed by atoms with E-state index in [2.05, 4.69) is 9.97 Å². The number of rotatable bonds is 4. The van der Waals surface area contributed by atoms with Crippen LogP contribution in [-0.4, -0.2) is 84.6 Å². The van der Waals surface area contributed by atoms with Crippen LogP contribution in [0.15, 0.2) is 12.1 Å². The highest BCUT2D eigenvalue weighted by Gasteiger charge is 2.50. The average molecular weight is 707 g/mol. The topological polar surface area (TPSA) is 110 Å². The number of hydrogen-bond donors (Lipinski definition) is 1. The van der Waals surface area contributed by atoms with Crippen molar-refractivity contribution in [1.82, 2.24) is 14.9 Å². The normalized spacial score (nSPS) is 25.2. The summed E-state index contributed by atoms with van der Waals surface area (Å²) in [6.45, 7) is -0.112. The molecular formula is C32H28ClF5N6O3S. The molecular weight excluding hydrogens is 679 g/mol. The maximum Gasteiger partial charge on any atom is 0.319 e. The van der Waals surface area contributed by atoms with Crippen LogP contribution in [0.1, 0.15) is 31.2 Å². The van der Waals surface area contributed by atoms with Crippen LogP contribution >= 0.6 is 22.9 Å². The molecule has 2 aromatic heterocycles. The van der Waals surface area contributed by atoms with Crippen LogP contribution in [0.3, 0.4) is 0 Å². The summed E-state index contributed by atoms with van der Waals surface area (Å²) in [5.74, 6) is -5.10. The molecule has 2 aromatic carbocycles. The Morgan fingerprint density at radius 2 is 2.02 bits per heavy atom. The summed E-state index contributed by atoms with van der Waals surface area (Å²) in [6, 6.07) is 2.67. The van der Waals surface area contributed by atoms with Crippen molar-refractivity contribution in [2.24, 2.45) is 0 Å². The molecule has 3 atom stereocenters. The van der Waals surface area contributed by atoms with Crippen LogP contribution in [0.4, 0.5) is 32.8 Å². The van der Waals surface area contributed by atoms with Gasteiger partial charge in [-0.3, -0.25) is 4.90 Å². The van der Waals surface area contributed by atoms with Gasteiger partial charge in [0.15, 0.2) is 11.6 Å². The quantitative estimate of drug-likeness (QED) is 0.239. The first-order chi connectivity index (χ1) is 23.0. The van der Waals surface area contributed by atoms with Gasteiger partial charge in [0.1, 0.15) is 47.6 Å². The molecule has 3 fully saturated rings. The summed E-state index contributed by atoms with van der Waals surface area (Å²) in [5, 5.41) is 9.71. The van der Waals surface area contributed by atoms with Gasteiger partial charge < -0.3 is 24.8 Å². The van der Waals surface area contributed by atoms with Crippen LogP contribution in [0, 0.1) is 23.0 Å². The van der Waals surface area contributed by atoms with E-state index < -0.39 is 41.9 Å². The number of hydrogen-bond acceptors (Lipinski definition) is 10. The average Bonchev–Trinajstić information content (AvgIpc) is 3.65. The van der Waals surface area contributed by atoms with Gasteiger partial charge in [-0.25, -0.2) is 22.0 Å². The number of nitrogen functional groups attached to an aromatic ring is 1.